The molecule has 182 valence electrons. The summed E-state index contributed by atoms with van der Waals surface area (Å²) in [4.78, 5) is 40.3. The average molecular weight is 475 g/mol. The number of likely N-dealkylation sites (tertiary alicyclic amines) is 1. The molecule has 34 heavy (non-hydrogen) atoms. The van der Waals surface area contributed by atoms with Crippen molar-refractivity contribution in [3.05, 3.63) is 34.4 Å². The van der Waals surface area contributed by atoms with Crippen molar-refractivity contribution in [2.24, 2.45) is 5.41 Å². The van der Waals surface area contributed by atoms with Crippen LogP contribution in [0.25, 0.3) is 0 Å². The minimum atomic E-state index is -4.46. The Morgan fingerprint density at radius 2 is 1.56 bits per heavy atom. The summed E-state index contributed by atoms with van der Waals surface area (Å²) in [6, 6.07) is 3.07. The van der Waals surface area contributed by atoms with E-state index in [0.717, 1.165) is 22.3 Å². The summed E-state index contributed by atoms with van der Waals surface area (Å²) in [5.74, 6) is 4.83. The number of aryl methyl sites for hydroxylation is 2. The number of halogens is 3. The van der Waals surface area contributed by atoms with Crippen LogP contribution < -0.4 is 5.32 Å². The van der Waals surface area contributed by atoms with Crippen molar-refractivity contribution in [1.82, 2.24) is 10.2 Å². The molecule has 3 aliphatic rings. The van der Waals surface area contributed by atoms with E-state index >= 15 is 0 Å². The lowest BCUT2D eigenvalue weighted by Crippen LogP contribution is -2.55. The van der Waals surface area contributed by atoms with Crippen LogP contribution in [0.2, 0.25) is 0 Å². The largest absolute Gasteiger partial charge is 0.411 e. The number of hydrogen-bond donors (Lipinski definition) is 1. The van der Waals surface area contributed by atoms with Crippen LogP contribution in [0.15, 0.2) is 12.1 Å². The van der Waals surface area contributed by atoms with Crippen LogP contribution >= 0.6 is 0 Å². The molecule has 0 unspecified atom stereocenters. The van der Waals surface area contributed by atoms with Gasteiger partial charge in [0, 0.05) is 31.5 Å². The van der Waals surface area contributed by atoms with Crippen LogP contribution in [0, 0.1) is 31.1 Å². The summed E-state index contributed by atoms with van der Waals surface area (Å²) in [6.45, 7) is 5.99. The molecule has 3 fully saturated rings. The summed E-state index contributed by atoms with van der Waals surface area (Å²) < 4.78 is 39.5. The van der Waals surface area contributed by atoms with Gasteiger partial charge in [0.05, 0.1) is 0 Å². The molecule has 1 saturated heterocycles. The number of amides is 2. The number of rotatable bonds is 2. The Balaban J connectivity index is 1.43. The number of nitrogens with zero attached hydrogens (tertiary/aromatic N) is 1. The summed E-state index contributed by atoms with van der Waals surface area (Å²) >= 11 is 0. The third-order valence-electron chi connectivity index (χ3n) is 7.64. The van der Waals surface area contributed by atoms with Gasteiger partial charge in [-0.1, -0.05) is 5.92 Å². The molecule has 1 N–H and O–H groups in total. The van der Waals surface area contributed by atoms with Crippen molar-refractivity contribution in [2.75, 3.05) is 13.1 Å². The normalized spacial score (nSPS) is 21.8. The molecule has 0 bridgehead atoms. The second-order valence-corrected chi connectivity index (χ2v) is 10.1. The Hall–Kier alpha value is -2.82. The van der Waals surface area contributed by atoms with E-state index in [9.17, 15) is 27.6 Å². The molecule has 2 aliphatic carbocycles. The highest BCUT2D eigenvalue weighted by atomic mass is 19.4. The number of carbonyl (C=O) groups excluding carboxylic acids is 3. The van der Waals surface area contributed by atoms with E-state index in [1.807, 2.05) is 26.0 Å². The van der Waals surface area contributed by atoms with Crippen LogP contribution in [0.3, 0.4) is 0 Å². The van der Waals surface area contributed by atoms with Crippen molar-refractivity contribution in [3.63, 3.8) is 0 Å². The van der Waals surface area contributed by atoms with E-state index in [2.05, 4.69) is 17.2 Å². The van der Waals surface area contributed by atoms with Crippen LogP contribution in [-0.2, 0) is 9.59 Å². The first-order valence-corrected chi connectivity index (χ1v) is 11.6. The van der Waals surface area contributed by atoms with Gasteiger partial charge in [-0.25, -0.2) is 4.79 Å². The lowest BCUT2D eigenvalue weighted by Gasteiger charge is -2.45. The van der Waals surface area contributed by atoms with E-state index in [4.69, 9.17) is 0 Å². The average Bonchev–Trinajstić information content (AvgIpc) is 3.51. The smallest absolute Gasteiger partial charge is 0.325 e. The monoisotopic (exact) mass is 474 g/mol. The number of benzene rings is 1. The molecule has 1 aromatic carbocycles. The van der Waals surface area contributed by atoms with Gasteiger partial charge in [-0.3, -0.25) is 9.59 Å². The van der Waals surface area contributed by atoms with Crippen LogP contribution in [0.5, 0.6) is 0 Å². The first-order chi connectivity index (χ1) is 15.9. The number of alkyl halides is 3. The van der Waals surface area contributed by atoms with E-state index in [1.54, 1.807) is 6.92 Å². The minimum absolute atomic E-state index is 0.102. The van der Waals surface area contributed by atoms with Gasteiger partial charge < -0.3 is 10.2 Å². The van der Waals surface area contributed by atoms with Gasteiger partial charge in [-0.2, -0.15) is 13.2 Å². The molecule has 0 aromatic heterocycles. The number of urea groups is 1. The van der Waals surface area contributed by atoms with Gasteiger partial charge in [0.15, 0.2) is 0 Å². The fourth-order valence-corrected chi connectivity index (χ4v) is 5.58. The zero-order valence-electron chi connectivity index (χ0n) is 19.7. The van der Waals surface area contributed by atoms with Crippen molar-refractivity contribution >= 4 is 17.6 Å². The molecule has 5 nitrogen and oxygen atoms in total. The van der Waals surface area contributed by atoms with Crippen molar-refractivity contribution in [3.8, 4) is 11.8 Å². The number of nitrogens with one attached hydrogen (secondary N) is 1. The summed E-state index contributed by atoms with van der Waals surface area (Å²) in [5, 5.41) is 2.16. The maximum atomic E-state index is 13.2. The number of piperidine rings is 1. The van der Waals surface area contributed by atoms with E-state index in [0.29, 0.717) is 12.8 Å². The minimum Gasteiger partial charge on any atom is -0.325 e. The molecule has 0 radical (unpaired) electrons. The van der Waals surface area contributed by atoms with Gasteiger partial charge in [0.1, 0.15) is 23.0 Å². The molecule has 1 spiro atoms. The maximum absolute atomic E-state index is 13.2. The second kappa shape index (κ2) is 8.44. The Morgan fingerprint density at radius 3 is 2.00 bits per heavy atom. The Labute approximate surface area is 197 Å². The zero-order valence-corrected chi connectivity index (χ0v) is 19.7. The Kier molecular flexibility index (Phi) is 6.03. The fraction of sp³-hybridized carbons (Fsp3) is 0.577. The zero-order chi connectivity index (χ0) is 24.9. The van der Waals surface area contributed by atoms with Crippen LogP contribution in [0.1, 0.15) is 73.6 Å². The molecule has 4 rings (SSSR count). The number of hydrogen-bond acceptors (Lipinski definition) is 3. The van der Waals surface area contributed by atoms with Crippen molar-refractivity contribution < 1.29 is 27.6 Å². The number of Topliss-reactive ketones (excluding diaryl/α,β-unsaturated/α-hetero) is 2. The second-order valence-electron chi connectivity index (χ2n) is 10.1. The van der Waals surface area contributed by atoms with E-state index in [1.165, 1.54) is 4.90 Å². The van der Waals surface area contributed by atoms with E-state index in [-0.39, 0.29) is 50.3 Å². The first-order valence-electron chi connectivity index (χ1n) is 11.6. The molecule has 1 aromatic rings. The highest BCUT2D eigenvalue weighted by molar-refractivity contribution is 6.10. The summed E-state index contributed by atoms with van der Waals surface area (Å²) in [7, 11) is 0. The molecule has 0 atom stereocenters. The topological polar surface area (TPSA) is 66.5 Å². The molecule has 8 heteroatoms. The molecule has 2 saturated carbocycles. The van der Waals surface area contributed by atoms with Gasteiger partial charge in [-0.05, 0) is 80.7 Å². The van der Waals surface area contributed by atoms with E-state index < -0.39 is 29.1 Å². The van der Waals surface area contributed by atoms with Crippen molar-refractivity contribution in [1.29, 1.82) is 0 Å². The Morgan fingerprint density at radius 1 is 1.03 bits per heavy atom. The van der Waals surface area contributed by atoms with Gasteiger partial charge in [0.2, 0.25) is 0 Å². The van der Waals surface area contributed by atoms with Gasteiger partial charge in [-0.15, -0.1) is 5.92 Å². The van der Waals surface area contributed by atoms with Gasteiger partial charge >= 0.3 is 12.2 Å². The third kappa shape index (κ3) is 4.33. The van der Waals surface area contributed by atoms with Gasteiger partial charge in [0.25, 0.3) is 0 Å². The molecule has 1 aliphatic heterocycles. The SMILES string of the molecule is CC#Cc1cc(C)c(C2C(=O)CC3(CCN(C(=O)NC4(C(F)(F)F)CC4)CC3)CC2=O)c(C)c1. The van der Waals surface area contributed by atoms with Crippen LogP contribution in [0.4, 0.5) is 18.0 Å². The van der Waals surface area contributed by atoms with Crippen molar-refractivity contribution in [2.45, 2.75) is 76.9 Å². The highest BCUT2D eigenvalue weighted by Crippen LogP contribution is 2.50. The first kappa shape index (κ1) is 24.3. The molecule has 2 amide bonds. The predicted molar refractivity (Wildman–Crippen MR) is 120 cm³/mol. The van der Waals surface area contributed by atoms with Crippen LogP contribution in [-0.4, -0.2) is 47.3 Å². The lowest BCUT2D eigenvalue weighted by atomic mass is 9.62. The molecule has 1 heterocycles. The summed E-state index contributed by atoms with van der Waals surface area (Å²) in [6.07, 6.45) is -3.35. The number of ketones is 2. The standard InChI is InChI=1S/C26H29F3N2O3/c1-4-5-18-12-16(2)21(17(3)13-18)22-19(32)14-24(15-20(22)33)8-10-31(11-9-24)23(34)30-25(6-7-25)26(27,28)29/h12-13,22H,6-11,14-15H2,1-3H3,(H,30,34). The number of carbonyl (C=O) groups is 3. The molecular weight excluding hydrogens is 445 g/mol. The summed E-state index contributed by atoms with van der Waals surface area (Å²) in [5.41, 5.74) is 0.703. The third-order valence-corrected chi connectivity index (χ3v) is 7.64. The predicted octanol–water partition coefficient (Wildman–Crippen LogP) is 4.58. The fourth-order valence-electron chi connectivity index (χ4n) is 5.58. The highest BCUT2D eigenvalue weighted by Gasteiger charge is 2.64. The maximum Gasteiger partial charge on any atom is 0.411 e. The quantitative estimate of drug-likeness (QED) is 0.504. The lowest BCUT2D eigenvalue weighted by molar-refractivity contribution is -0.163. The Bertz CT molecular complexity index is 1060. The molecular formula is C26H29F3N2O3.